The molecule has 132 valence electrons. The number of carbonyl (C=O) groups excluding carboxylic acids is 1. The molecule has 1 N–H and O–H groups in total. The van der Waals surface area contributed by atoms with Crippen molar-refractivity contribution >= 4 is 5.91 Å². The highest BCUT2D eigenvalue weighted by molar-refractivity contribution is 5.95. The van der Waals surface area contributed by atoms with Crippen molar-refractivity contribution in [2.45, 2.75) is 6.42 Å². The third-order valence-corrected chi connectivity index (χ3v) is 4.69. The predicted molar refractivity (Wildman–Crippen MR) is 96.3 cm³/mol. The fraction of sp³-hybridized carbons (Fsp3) is 0.350. The van der Waals surface area contributed by atoms with Crippen LogP contribution in [0.4, 0.5) is 4.39 Å². The van der Waals surface area contributed by atoms with E-state index < -0.39 is 5.82 Å². The fourth-order valence-corrected chi connectivity index (χ4v) is 3.29. The van der Waals surface area contributed by atoms with Crippen LogP contribution in [-0.4, -0.2) is 44.6 Å². The standard InChI is InChI=1S/C20H23FN2O2/c1-22-12-14-9-10-23(13-14)20(24)18-8-5-16(11-19(18)21)15-3-6-17(25-2)7-4-15/h3-8,11,14,22H,9-10,12-13H2,1-2H3/t14-/m0/s1. The predicted octanol–water partition coefficient (Wildman–Crippen LogP) is 3.18. The van der Waals surface area contributed by atoms with Crippen LogP contribution in [0.15, 0.2) is 42.5 Å². The number of nitrogens with zero attached hydrogens (tertiary/aromatic N) is 1. The van der Waals surface area contributed by atoms with Gasteiger partial charge in [0.05, 0.1) is 12.7 Å². The Morgan fingerprint density at radius 3 is 2.60 bits per heavy atom. The molecule has 2 aromatic rings. The lowest BCUT2D eigenvalue weighted by molar-refractivity contribution is 0.0782. The van der Waals surface area contributed by atoms with Gasteiger partial charge in [0.25, 0.3) is 5.91 Å². The average Bonchev–Trinajstić information content (AvgIpc) is 3.10. The van der Waals surface area contributed by atoms with Gasteiger partial charge in [-0.25, -0.2) is 4.39 Å². The van der Waals surface area contributed by atoms with E-state index in [1.165, 1.54) is 6.07 Å². The molecule has 1 fully saturated rings. The number of benzene rings is 2. The number of rotatable bonds is 5. The monoisotopic (exact) mass is 342 g/mol. The number of likely N-dealkylation sites (tertiary alicyclic amines) is 1. The van der Waals surface area contributed by atoms with Crippen molar-refractivity contribution in [2.75, 3.05) is 33.8 Å². The molecule has 1 aliphatic heterocycles. The summed E-state index contributed by atoms with van der Waals surface area (Å²) >= 11 is 0. The van der Waals surface area contributed by atoms with Crippen molar-refractivity contribution in [3.63, 3.8) is 0 Å². The molecule has 5 heteroatoms. The third-order valence-electron chi connectivity index (χ3n) is 4.69. The molecule has 0 saturated carbocycles. The van der Waals surface area contributed by atoms with Crippen LogP contribution in [0.2, 0.25) is 0 Å². The number of hydrogen-bond donors (Lipinski definition) is 1. The van der Waals surface area contributed by atoms with E-state index >= 15 is 0 Å². The summed E-state index contributed by atoms with van der Waals surface area (Å²) in [4.78, 5) is 14.3. The van der Waals surface area contributed by atoms with Crippen LogP contribution in [-0.2, 0) is 0 Å². The van der Waals surface area contributed by atoms with Crippen molar-refractivity contribution in [1.29, 1.82) is 0 Å². The van der Waals surface area contributed by atoms with Crippen LogP contribution >= 0.6 is 0 Å². The van der Waals surface area contributed by atoms with Gasteiger partial charge < -0.3 is 15.0 Å². The van der Waals surface area contributed by atoms with Gasteiger partial charge in [0.15, 0.2) is 0 Å². The summed E-state index contributed by atoms with van der Waals surface area (Å²) in [6, 6.07) is 12.2. The maximum absolute atomic E-state index is 14.5. The highest BCUT2D eigenvalue weighted by atomic mass is 19.1. The lowest BCUT2D eigenvalue weighted by atomic mass is 10.0. The lowest BCUT2D eigenvalue weighted by Crippen LogP contribution is -2.30. The Morgan fingerprint density at radius 2 is 1.96 bits per heavy atom. The first kappa shape index (κ1) is 17.4. The molecular formula is C20H23FN2O2. The quantitative estimate of drug-likeness (QED) is 0.907. The van der Waals surface area contributed by atoms with E-state index in [2.05, 4.69) is 5.32 Å². The molecule has 25 heavy (non-hydrogen) atoms. The largest absolute Gasteiger partial charge is 0.497 e. The Labute approximate surface area is 147 Å². The van der Waals surface area contributed by atoms with E-state index in [0.717, 1.165) is 29.8 Å². The minimum absolute atomic E-state index is 0.141. The molecule has 0 radical (unpaired) electrons. The lowest BCUT2D eigenvalue weighted by Gasteiger charge is -2.17. The highest BCUT2D eigenvalue weighted by Crippen LogP contribution is 2.26. The molecule has 2 aromatic carbocycles. The van der Waals surface area contributed by atoms with Gasteiger partial charge in [-0.2, -0.15) is 0 Å². The first-order valence-electron chi connectivity index (χ1n) is 8.50. The topological polar surface area (TPSA) is 41.6 Å². The van der Waals surface area contributed by atoms with Gasteiger partial charge in [-0.15, -0.1) is 0 Å². The van der Waals surface area contributed by atoms with Crippen molar-refractivity contribution in [3.05, 3.63) is 53.8 Å². The summed E-state index contributed by atoms with van der Waals surface area (Å²) in [6.45, 7) is 2.24. The average molecular weight is 342 g/mol. The number of halogens is 1. The maximum Gasteiger partial charge on any atom is 0.256 e. The molecule has 0 aromatic heterocycles. The Kier molecular flexibility index (Phi) is 5.34. The molecule has 0 unspecified atom stereocenters. The van der Waals surface area contributed by atoms with E-state index in [1.54, 1.807) is 24.1 Å². The van der Waals surface area contributed by atoms with E-state index in [1.807, 2.05) is 31.3 Å². The number of carbonyl (C=O) groups is 1. The van der Waals surface area contributed by atoms with E-state index in [-0.39, 0.29) is 11.5 Å². The summed E-state index contributed by atoms with van der Waals surface area (Å²) in [5.74, 6) is 0.490. The summed E-state index contributed by atoms with van der Waals surface area (Å²) in [6.07, 6.45) is 0.956. The van der Waals surface area contributed by atoms with Crippen molar-refractivity contribution in [3.8, 4) is 16.9 Å². The molecule has 1 saturated heterocycles. The number of ether oxygens (including phenoxy) is 1. The first-order chi connectivity index (χ1) is 12.1. The minimum Gasteiger partial charge on any atom is -0.497 e. The van der Waals surface area contributed by atoms with Gasteiger partial charge in [-0.05, 0) is 61.3 Å². The Morgan fingerprint density at radius 1 is 1.24 bits per heavy atom. The maximum atomic E-state index is 14.5. The molecule has 0 aliphatic carbocycles. The van der Waals surface area contributed by atoms with E-state index in [9.17, 15) is 9.18 Å². The number of methoxy groups -OCH3 is 1. The second-order valence-electron chi connectivity index (χ2n) is 6.39. The van der Waals surface area contributed by atoms with Crippen LogP contribution in [0.3, 0.4) is 0 Å². The Bertz CT molecular complexity index is 746. The Hall–Kier alpha value is -2.40. The second kappa shape index (κ2) is 7.66. The summed E-state index contributed by atoms with van der Waals surface area (Å²) in [5.41, 5.74) is 1.77. The molecule has 0 bridgehead atoms. The minimum atomic E-state index is -0.476. The van der Waals surface area contributed by atoms with Gasteiger partial charge in [0.1, 0.15) is 11.6 Å². The number of nitrogens with one attached hydrogen (secondary N) is 1. The van der Waals surface area contributed by atoms with Gasteiger partial charge in [0.2, 0.25) is 0 Å². The van der Waals surface area contributed by atoms with Crippen molar-refractivity contribution < 1.29 is 13.9 Å². The molecule has 3 rings (SSSR count). The van der Waals surface area contributed by atoms with Crippen LogP contribution in [0.1, 0.15) is 16.8 Å². The zero-order valence-electron chi connectivity index (χ0n) is 14.6. The van der Waals surface area contributed by atoms with Crippen LogP contribution in [0.5, 0.6) is 5.75 Å². The zero-order chi connectivity index (χ0) is 17.8. The van der Waals surface area contributed by atoms with Gasteiger partial charge >= 0.3 is 0 Å². The van der Waals surface area contributed by atoms with Crippen molar-refractivity contribution in [1.82, 2.24) is 10.2 Å². The Balaban J connectivity index is 1.76. The molecule has 1 heterocycles. The van der Waals surface area contributed by atoms with Crippen LogP contribution in [0, 0.1) is 11.7 Å². The second-order valence-corrected chi connectivity index (χ2v) is 6.39. The van der Waals surface area contributed by atoms with Crippen LogP contribution < -0.4 is 10.1 Å². The van der Waals surface area contributed by atoms with Crippen LogP contribution in [0.25, 0.3) is 11.1 Å². The zero-order valence-corrected chi connectivity index (χ0v) is 14.6. The molecule has 4 nitrogen and oxygen atoms in total. The highest BCUT2D eigenvalue weighted by Gasteiger charge is 2.27. The molecule has 1 atom stereocenters. The summed E-state index contributed by atoms with van der Waals surface area (Å²) in [5, 5.41) is 3.13. The molecule has 1 amide bonds. The molecule has 1 aliphatic rings. The summed E-state index contributed by atoms with van der Waals surface area (Å²) < 4.78 is 19.7. The fourth-order valence-electron chi connectivity index (χ4n) is 3.29. The van der Waals surface area contributed by atoms with E-state index in [0.29, 0.717) is 19.0 Å². The van der Waals surface area contributed by atoms with Gasteiger partial charge in [0, 0.05) is 13.1 Å². The SMILES string of the molecule is CNC[C@@H]1CCN(C(=O)c2ccc(-c3ccc(OC)cc3)cc2F)C1. The van der Waals surface area contributed by atoms with Crippen molar-refractivity contribution in [2.24, 2.45) is 5.92 Å². The number of hydrogen-bond acceptors (Lipinski definition) is 3. The smallest absolute Gasteiger partial charge is 0.256 e. The first-order valence-corrected chi connectivity index (χ1v) is 8.50. The third kappa shape index (κ3) is 3.82. The van der Waals surface area contributed by atoms with Gasteiger partial charge in [-0.3, -0.25) is 4.79 Å². The van der Waals surface area contributed by atoms with E-state index in [4.69, 9.17) is 4.74 Å². The molecular weight excluding hydrogens is 319 g/mol. The van der Waals surface area contributed by atoms with Gasteiger partial charge in [-0.1, -0.05) is 18.2 Å². The normalized spacial score (nSPS) is 16.9. The number of amides is 1. The molecule has 0 spiro atoms. The summed E-state index contributed by atoms with van der Waals surface area (Å²) in [7, 11) is 3.51.